The van der Waals surface area contributed by atoms with Gasteiger partial charge in [0, 0.05) is 18.7 Å². The molecule has 1 fully saturated rings. The molecule has 2 unspecified atom stereocenters. The molecule has 1 aliphatic heterocycles. The molecule has 3 rings (SSSR count). The van der Waals surface area contributed by atoms with Crippen molar-refractivity contribution in [2.24, 2.45) is 5.92 Å². The molecule has 1 aliphatic rings. The van der Waals surface area contributed by atoms with Crippen LogP contribution in [0, 0.1) is 12.8 Å². The molecule has 6 nitrogen and oxygen atoms in total. The minimum Gasteiger partial charge on any atom is -0.460 e. The highest BCUT2D eigenvalue weighted by molar-refractivity contribution is 5.93. The lowest BCUT2D eigenvalue weighted by molar-refractivity contribution is 0.0910. The van der Waals surface area contributed by atoms with Crippen molar-refractivity contribution in [3.63, 3.8) is 0 Å². The summed E-state index contributed by atoms with van der Waals surface area (Å²) in [6.45, 7) is 5.86. The summed E-state index contributed by atoms with van der Waals surface area (Å²) in [7, 11) is 0. The fourth-order valence-electron chi connectivity index (χ4n) is 2.57. The quantitative estimate of drug-likeness (QED) is 0.803. The minimum absolute atomic E-state index is 0.150. The summed E-state index contributed by atoms with van der Waals surface area (Å²) in [6, 6.07) is 5.61. The highest BCUT2D eigenvalue weighted by Crippen LogP contribution is 2.20. The van der Waals surface area contributed by atoms with Crippen molar-refractivity contribution in [1.82, 2.24) is 20.8 Å². The number of hydrogen-bond donors (Lipinski definition) is 3. The van der Waals surface area contributed by atoms with Crippen LogP contribution in [0.4, 0.5) is 0 Å². The maximum absolute atomic E-state index is 12.3. The zero-order chi connectivity index (χ0) is 14.8. The fourth-order valence-corrected chi connectivity index (χ4v) is 2.57. The van der Waals surface area contributed by atoms with Gasteiger partial charge in [-0.1, -0.05) is 6.92 Å². The van der Waals surface area contributed by atoms with Crippen LogP contribution < -0.4 is 10.6 Å². The number of carbonyl (C=O) groups is 1. The van der Waals surface area contributed by atoms with Gasteiger partial charge in [-0.05, 0) is 37.9 Å². The third-order valence-corrected chi connectivity index (χ3v) is 3.96. The molecule has 21 heavy (non-hydrogen) atoms. The fraction of sp³-hybridized carbons (Fsp3) is 0.467. The minimum atomic E-state index is -0.152. The Morgan fingerprint density at radius 1 is 1.48 bits per heavy atom. The number of aromatic amines is 1. The standard InChI is InChI=1S/C15H20N4O2/c1-9-5-6-16-8-13(9)17-15(20)12-7-11(18-19-12)14-4-3-10(2)21-14/h3-4,7,9,13,16H,5-6,8H2,1-2H3,(H,17,20)(H,18,19). The lowest BCUT2D eigenvalue weighted by Crippen LogP contribution is -2.50. The molecule has 2 atom stereocenters. The van der Waals surface area contributed by atoms with Crippen LogP contribution in [-0.2, 0) is 0 Å². The van der Waals surface area contributed by atoms with Gasteiger partial charge in [-0.2, -0.15) is 5.10 Å². The van der Waals surface area contributed by atoms with Gasteiger partial charge in [-0.15, -0.1) is 0 Å². The molecule has 0 aliphatic carbocycles. The Morgan fingerprint density at radius 2 is 2.33 bits per heavy atom. The Balaban J connectivity index is 1.69. The normalized spacial score (nSPS) is 22.2. The summed E-state index contributed by atoms with van der Waals surface area (Å²) in [5, 5.41) is 13.3. The first kappa shape index (κ1) is 13.9. The summed E-state index contributed by atoms with van der Waals surface area (Å²) in [4.78, 5) is 12.3. The molecule has 3 N–H and O–H groups in total. The molecule has 2 aromatic heterocycles. The molecule has 0 aromatic carbocycles. The predicted molar refractivity (Wildman–Crippen MR) is 78.9 cm³/mol. The molecule has 6 heteroatoms. The molecule has 2 aromatic rings. The third kappa shape index (κ3) is 3.00. The number of aromatic nitrogens is 2. The van der Waals surface area contributed by atoms with E-state index in [0.717, 1.165) is 25.3 Å². The zero-order valence-corrected chi connectivity index (χ0v) is 12.3. The number of nitrogens with one attached hydrogen (secondary N) is 3. The van der Waals surface area contributed by atoms with Crippen molar-refractivity contribution in [3.05, 3.63) is 29.7 Å². The van der Waals surface area contributed by atoms with E-state index in [4.69, 9.17) is 4.42 Å². The summed E-state index contributed by atoms with van der Waals surface area (Å²) in [5.41, 5.74) is 1.10. The van der Waals surface area contributed by atoms with E-state index in [2.05, 4.69) is 27.8 Å². The number of aryl methyl sites for hydroxylation is 1. The van der Waals surface area contributed by atoms with Gasteiger partial charge in [0.2, 0.25) is 0 Å². The number of amides is 1. The molecule has 3 heterocycles. The maximum Gasteiger partial charge on any atom is 0.272 e. The Hall–Kier alpha value is -2.08. The van der Waals surface area contributed by atoms with Gasteiger partial charge in [-0.3, -0.25) is 9.89 Å². The average Bonchev–Trinajstić information content (AvgIpc) is 3.10. The van der Waals surface area contributed by atoms with E-state index >= 15 is 0 Å². The van der Waals surface area contributed by atoms with Crippen LogP contribution in [0.25, 0.3) is 11.5 Å². The van der Waals surface area contributed by atoms with Gasteiger partial charge in [0.05, 0.1) is 0 Å². The van der Waals surface area contributed by atoms with Gasteiger partial charge < -0.3 is 15.1 Å². The van der Waals surface area contributed by atoms with Gasteiger partial charge >= 0.3 is 0 Å². The SMILES string of the molecule is Cc1ccc(-c2cc(C(=O)NC3CNCCC3C)n[nH]2)o1. The summed E-state index contributed by atoms with van der Waals surface area (Å²) in [6.07, 6.45) is 1.07. The predicted octanol–water partition coefficient (Wildman–Crippen LogP) is 1.71. The number of piperidine rings is 1. The first-order chi connectivity index (χ1) is 10.1. The Morgan fingerprint density at radius 3 is 3.05 bits per heavy atom. The zero-order valence-electron chi connectivity index (χ0n) is 12.3. The van der Waals surface area contributed by atoms with E-state index in [1.165, 1.54) is 0 Å². The Kier molecular flexibility index (Phi) is 3.79. The van der Waals surface area contributed by atoms with E-state index in [-0.39, 0.29) is 11.9 Å². The monoisotopic (exact) mass is 288 g/mol. The molecular formula is C15H20N4O2. The van der Waals surface area contributed by atoms with Crippen LogP contribution in [-0.4, -0.2) is 35.2 Å². The van der Waals surface area contributed by atoms with Gasteiger partial charge in [0.1, 0.15) is 11.5 Å². The van der Waals surface area contributed by atoms with Crippen molar-refractivity contribution in [2.75, 3.05) is 13.1 Å². The van der Waals surface area contributed by atoms with Crippen LogP contribution in [0.3, 0.4) is 0 Å². The van der Waals surface area contributed by atoms with Gasteiger partial charge in [0.25, 0.3) is 5.91 Å². The van der Waals surface area contributed by atoms with E-state index in [0.29, 0.717) is 23.1 Å². The van der Waals surface area contributed by atoms with Crippen molar-refractivity contribution < 1.29 is 9.21 Å². The number of H-pyrrole nitrogens is 1. The smallest absolute Gasteiger partial charge is 0.272 e. The van der Waals surface area contributed by atoms with Crippen LogP contribution >= 0.6 is 0 Å². The third-order valence-electron chi connectivity index (χ3n) is 3.96. The van der Waals surface area contributed by atoms with E-state index in [1.54, 1.807) is 6.07 Å². The Labute approximate surface area is 123 Å². The lowest BCUT2D eigenvalue weighted by atomic mass is 9.95. The maximum atomic E-state index is 12.3. The number of furan rings is 1. The van der Waals surface area contributed by atoms with Crippen LogP contribution in [0.2, 0.25) is 0 Å². The number of carbonyl (C=O) groups excluding carboxylic acids is 1. The van der Waals surface area contributed by atoms with Gasteiger partial charge in [-0.25, -0.2) is 0 Å². The number of nitrogens with zero attached hydrogens (tertiary/aromatic N) is 1. The molecule has 0 radical (unpaired) electrons. The molecule has 0 spiro atoms. The Bertz CT molecular complexity index is 631. The second-order valence-corrected chi connectivity index (χ2v) is 5.63. The van der Waals surface area contributed by atoms with Crippen LogP contribution in [0.5, 0.6) is 0 Å². The lowest BCUT2D eigenvalue weighted by Gasteiger charge is -2.29. The highest BCUT2D eigenvalue weighted by Gasteiger charge is 2.24. The molecular weight excluding hydrogens is 268 g/mol. The summed E-state index contributed by atoms with van der Waals surface area (Å²) < 4.78 is 5.52. The van der Waals surface area contributed by atoms with Crippen molar-refractivity contribution in [2.45, 2.75) is 26.3 Å². The molecule has 0 bridgehead atoms. The topological polar surface area (TPSA) is 83.0 Å². The van der Waals surface area contributed by atoms with Crippen molar-refractivity contribution >= 4 is 5.91 Å². The average molecular weight is 288 g/mol. The van der Waals surface area contributed by atoms with E-state index < -0.39 is 0 Å². The molecule has 1 saturated heterocycles. The summed E-state index contributed by atoms with van der Waals surface area (Å²) >= 11 is 0. The van der Waals surface area contributed by atoms with Crippen LogP contribution in [0.15, 0.2) is 22.6 Å². The number of rotatable bonds is 3. The summed E-state index contributed by atoms with van der Waals surface area (Å²) in [5.74, 6) is 1.84. The number of hydrogen-bond acceptors (Lipinski definition) is 4. The molecule has 1 amide bonds. The first-order valence-electron chi connectivity index (χ1n) is 7.27. The highest BCUT2D eigenvalue weighted by atomic mass is 16.3. The first-order valence-corrected chi connectivity index (χ1v) is 7.27. The molecule has 112 valence electrons. The molecule has 0 saturated carbocycles. The largest absolute Gasteiger partial charge is 0.460 e. The second-order valence-electron chi connectivity index (χ2n) is 5.63. The second kappa shape index (κ2) is 5.73. The van der Waals surface area contributed by atoms with E-state index in [9.17, 15) is 4.79 Å². The van der Waals surface area contributed by atoms with Crippen molar-refractivity contribution in [3.8, 4) is 11.5 Å². The van der Waals surface area contributed by atoms with Crippen molar-refractivity contribution in [1.29, 1.82) is 0 Å². The van der Waals surface area contributed by atoms with Gasteiger partial charge in [0.15, 0.2) is 11.5 Å². The van der Waals surface area contributed by atoms with Crippen LogP contribution in [0.1, 0.15) is 29.6 Å². The van der Waals surface area contributed by atoms with E-state index in [1.807, 2.05) is 19.1 Å².